The highest BCUT2D eigenvalue weighted by molar-refractivity contribution is 6.36. The number of aliphatic carboxylic acids is 1. The average Bonchev–Trinajstić information content (AvgIpc) is 2.35. The molecule has 12 heavy (non-hydrogen) atoms. The zero-order valence-corrected chi connectivity index (χ0v) is 6.07. The zero-order chi connectivity index (χ0) is 9.14. The minimum absolute atomic E-state index is 0.222. The van der Waals surface area contributed by atoms with Gasteiger partial charge in [-0.25, -0.2) is 4.79 Å². The highest BCUT2D eigenvalue weighted by Crippen LogP contribution is 2.02. The predicted molar refractivity (Wildman–Crippen MR) is 35.3 cm³/mol. The minimum Gasteiger partial charge on any atom is -0.474 e. The van der Waals surface area contributed by atoms with Crippen molar-refractivity contribution in [1.82, 2.24) is 10.2 Å². The summed E-state index contributed by atoms with van der Waals surface area (Å²) >= 11 is 0. The number of carbonyl (C=O) groups is 2. The lowest BCUT2D eigenvalue weighted by Gasteiger charge is -1.91. The normalized spacial score (nSPS) is 9.42. The van der Waals surface area contributed by atoms with E-state index in [1.54, 1.807) is 0 Å². The van der Waals surface area contributed by atoms with Crippen LogP contribution in [0.2, 0.25) is 0 Å². The summed E-state index contributed by atoms with van der Waals surface area (Å²) in [7, 11) is 0. The molecule has 0 aromatic carbocycles. The van der Waals surface area contributed by atoms with Crippen molar-refractivity contribution in [2.75, 3.05) is 5.32 Å². The lowest BCUT2D eigenvalue weighted by Crippen LogP contribution is -2.21. The standard InChI is InChI=1S/C5H5N3O4/c1-2-7-8-5(12-2)6-3(9)4(10)11/h1H3,(H,10,11)(H,6,8,9). The van der Waals surface area contributed by atoms with Crippen molar-refractivity contribution < 1.29 is 19.1 Å². The van der Waals surface area contributed by atoms with Crippen molar-refractivity contribution in [3.05, 3.63) is 5.89 Å². The van der Waals surface area contributed by atoms with E-state index in [2.05, 4.69) is 14.6 Å². The number of rotatable bonds is 1. The maximum atomic E-state index is 10.5. The van der Waals surface area contributed by atoms with Crippen molar-refractivity contribution >= 4 is 17.9 Å². The molecular formula is C5H5N3O4. The van der Waals surface area contributed by atoms with Crippen LogP contribution in [-0.4, -0.2) is 27.2 Å². The van der Waals surface area contributed by atoms with E-state index < -0.39 is 11.9 Å². The Balaban J connectivity index is 2.64. The Morgan fingerprint density at radius 3 is 2.58 bits per heavy atom. The highest BCUT2D eigenvalue weighted by atomic mass is 16.4. The molecule has 7 heteroatoms. The van der Waals surface area contributed by atoms with Crippen LogP contribution in [0.3, 0.4) is 0 Å². The Morgan fingerprint density at radius 2 is 2.17 bits per heavy atom. The van der Waals surface area contributed by atoms with E-state index in [1.807, 2.05) is 5.32 Å². The van der Waals surface area contributed by atoms with Crippen LogP contribution in [0.5, 0.6) is 0 Å². The van der Waals surface area contributed by atoms with Crippen LogP contribution >= 0.6 is 0 Å². The number of nitrogens with one attached hydrogen (secondary N) is 1. The smallest absolute Gasteiger partial charge is 0.394 e. The number of carboxylic acids is 1. The monoisotopic (exact) mass is 171 g/mol. The van der Waals surface area contributed by atoms with Gasteiger partial charge in [-0.3, -0.25) is 10.1 Å². The van der Waals surface area contributed by atoms with Gasteiger partial charge in [0.1, 0.15) is 0 Å². The van der Waals surface area contributed by atoms with Gasteiger partial charge < -0.3 is 9.52 Å². The number of amides is 1. The van der Waals surface area contributed by atoms with E-state index in [1.165, 1.54) is 6.92 Å². The van der Waals surface area contributed by atoms with Crippen LogP contribution in [0.15, 0.2) is 4.42 Å². The first kappa shape index (κ1) is 8.18. The van der Waals surface area contributed by atoms with E-state index in [9.17, 15) is 9.59 Å². The van der Waals surface area contributed by atoms with E-state index in [4.69, 9.17) is 5.11 Å². The second-order valence-corrected chi connectivity index (χ2v) is 1.89. The predicted octanol–water partition coefficient (Wildman–Crippen LogP) is -0.599. The summed E-state index contributed by atoms with van der Waals surface area (Å²) in [5, 5.41) is 16.8. The number of hydrogen-bond donors (Lipinski definition) is 2. The SMILES string of the molecule is Cc1nnc(NC(=O)C(=O)O)o1. The maximum absolute atomic E-state index is 10.5. The molecule has 0 unspecified atom stereocenters. The molecule has 1 rings (SSSR count). The summed E-state index contributed by atoms with van der Waals surface area (Å²) in [6.45, 7) is 1.52. The van der Waals surface area contributed by atoms with Gasteiger partial charge in [-0.05, 0) is 0 Å². The molecule has 0 radical (unpaired) electrons. The summed E-state index contributed by atoms with van der Waals surface area (Å²) in [5.74, 6) is -2.57. The van der Waals surface area contributed by atoms with E-state index in [0.29, 0.717) is 0 Å². The van der Waals surface area contributed by atoms with Crippen LogP contribution < -0.4 is 5.32 Å². The molecule has 0 fully saturated rings. The van der Waals surface area contributed by atoms with Gasteiger partial charge in [0.25, 0.3) is 0 Å². The summed E-state index contributed by atoms with van der Waals surface area (Å²) in [6.07, 6.45) is 0. The molecule has 0 saturated heterocycles. The van der Waals surface area contributed by atoms with Gasteiger partial charge in [-0.2, -0.15) is 0 Å². The molecule has 0 saturated carbocycles. The summed E-state index contributed by atoms with van der Waals surface area (Å²) in [5.41, 5.74) is 0. The fourth-order valence-electron chi connectivity index (χ4n) is 0.498. The number of hydrogen-bond acceptors (Lipinski definition) is 5. The van der Waals surface area contributed by atoms with Crippen LogP contribution in [0.4, 0.5) is 6.01 Å². The van der Waals surface area contributed by atoms with Crippen LogP contribution in [0, 0.1) is 6.92 Å². The molecule has 2 N–H and O–H groups in total. The molecule has 1 aromatic heterocycles. The molecule has 1 heterocycles. The second kappa shape index (κ2) is 2.99. The molecule has 0 bridgehead atoms. The molecular weight excluding hydrogens is 166 g/mol. The van der Waals surface area contributed by atoms with Crippen LogP contribution in [-0.2, 0) is 9.59 Å². The van der Waals surface area contributed by atoms with Gasteiger partial charge in [0.15, 0.2) is 0 Å². The summed E-state index contributed by atoms with van der Waals surface area (Å²) in [6, 6.07) is -0.222. The van der Waals surface area contributed by atoms with Crippen LogP contribution in [0.1, 0.15) is 5.89 Å². The average molecular weight is 171 g/mol. The Kier molecular flexibility index (Phi) is 2.04. The van der Waals surface area contributed by atoms with Gasteiger partial charge in [0.05, 0.1) is 0 Å². The minimum atomic E-state index is -1.61. The van der Waals surface area contributed by atoms with Crippen molar-refractivity contribution in [3.8, 4) is 0 Å². The third kappa shape index (κ3) is 1.78. The molecule has 1 aromatic rings. The van der Waals surface area contributed by atoms with E-state index in [0.717, 1.165) is 0 Å². The number of carboxylic acid groups (broad SMARTS) is 1. The maximum Gasteiger partial charge on any atom is 0.394 e. The third-order valence-electron chi connectivity index (χ3n) is 0.941. The number of carbonyl (C=O) groups excluding carboxylic acids is 1. The number of nitrogens with zero attached hydrogens (tertiary/aromatic N) is 2. The molecule has 0 aliphatic rings. The van der Waals surface area contributed by atoms with Crippen molar-refractivity contribution in [1.29, 1.82) is 0 Å². The van der Waals surface area contributed by atoms with Gasteiger partial charge in [0.2, 0.25) is 5.89 Å². The lowest BCUT2D eigenvalue weighted by molar-refractivity contribution is -0.147. The second-order valence-electron chi connectivity index (χ2n) is 1.89. The van der Waals surface area contributed by atoms with Gasteiger partial charge in [0, 0.05) is 6.92 Å². The van der Waals surface area contributed by atoms with Gasteiger partial charge >= 0.3 is 17.9 Å². The van der Waals surface area contributed by atoms with Crippen molar-refractivity contribution in [2.24, 2.45) is 0 Å². The molecule has 1 amide bonds. The first-order chi connectivity index (χ1) is 5.59. The van der Waals surface area contributed by atoms with Crippen molar-refractivity contribution in [2.45, 2.75) is 6.92 Å². The molecule has 0 atom stereocenters. The lowest BCUT2D eigenvalue weighted by atomic mass is 10.6. The largest absolute Gasteiger partial charge is 0.474 e. The first-order valence-electron chi connectivity index (χ1n) is 2.94. The quantitative estimate of drug-likeness (QED) is 0.546. The summed E-state index contributed by atoms with van der Waals surface area (Å²) < 4.78 is 4.69. The Labute approximate surface area is 66.4 Å². The first-order valence-corrected chi connectivity index (χ1v) is 2.94. The van der Waals surface area contributed by atoms with Crippen molar-refractivity contribution in [3.63, 3.8) is 0 Å². The molecule has 0 aliphatic heterocycles. The fraction of sp³-hybridized carbons (Fsp3) is 0.200. The Hall–Kier alpha value is -1.92. The topological polar surface area (TPSA) is 105 Å². The Morgan fingerprint density at radius 1 is 1.50 bits per heavy atom. The molecule has 64 valence electrons. The molecule has 0 aliphatic carbocycles. The van der Waals surface area contributed by atoms with E-state index in [-0.39, 0.29) is 11.9 Å². The molecule has 7 nitrogen and oxygen atoms in total. The third-order valence-corrected chi connectivity index (χ3v) is 0.941. The fourth-order valence-corrected chi connectivity index (χ4v) is 0.498. The number of aromatic nitrogens is 2. The highest BCUT2D eigenvalue weighted by Gasteiger charge is 2.14. The van der Waals surface area contributed by atoms with Crippen LogP contribution in [0.25, 0.3) is 0 Å². The molecule has 0 spiro atoms. The van der Waals surface area contributed by atoms with Gasteiger partial charge in [-0.15, -0.1) is 5.10 Å². The summed E-state index contributed by atoms with van der Waals surface area (Å²) in [4.78, 5) is 20.5. The Bertz CT molecular complexity index is 318. The number of aryl methyl sites for hydroxylation is 1. The zero-order valence-electron chi connectivity index (χ0n) is 6.07. The number of anilines is 1. The van der Waals surface area contributed by atoms with E-state index >= 15 is 0 Å². The van der Waals surface area contributed by atoms with Gasteiger partial charge in [-0.1, -0.05) is 5.10 Å².